The molecule has 1 atom stereocenters. The van der Waals surface area contributed by atoms with Gasteiger partial charge in [-0.05, 0) is 49.5 Å². The monoisotopic (exact) mass is 285 g/mol. The Morgan fingerprint density at radius 1 is 1.25 bits per heavy atom. The van der Waals surface area contributed by atoms with Crippen molar-refractivity contribution in [1.29, 1.82) is 0 Å². The Kier molecular flexibility index (Phi) is 4.81. The molecule has 2 nitrogen and oxygen atoms in total. The molecule has 1 fully saturated rings. The van der Waals surface area contributed by atoms with Gasteiger partial charge in [-0.25, -0.2) is 0 Å². The predicted molar refractivity (Wildman–Crippen MR) is 70.4 cm³/mol. The van der Waals surface area contributed by atoms with E-state index >= 15 is 0 Å². The minimum absolute atomic E-state index is 0.0941. The summed E-state index contributed by atoms with van der Waals surface area (Å²) in [5.41, 5.74) is -0.0294. The summed E-state index contributed by atoms with van der Waals surface area (Å²) in [6.07, 6.45) is -1.62. The number of hydrogen-bond acceptors (Lipinski definition) is 2. The summed E-state index contributed by atoms with van der Waals surface area (Å²) in [6, 6.07) is 4.84. The van der Waals surface area contributed by atoms with Gasteiger partial charge in [-0.1, -0.05) is 12.1 Å². The number of ketones is 1. The molecular formula is C15H18F3NO. The molecule has 1 aromatic rings. The number of carbonyl (C=O) groups excluding carboxylic acids is 1. The van der Waals surface area contributed by atoms with Crippen molar-refractivity contribution in [3.63, 3.8) is 0 Å². The Labute approximate surface area is 116 Å². The molecule has 0 bridgehead atoms. The van der Waals surface area contributed by atoms with E-state index in [2.05, 4.69) is 5.32 Å². The molecule has 0 aliphatic carbocycles. The fourth-order valence-electron chi connectivity index (χ4n) is 2.45. The van der Waals surface area contributed by atoms with E-state index in [9.17, 15) is 18.0 Å². The smallest absolute Gasteiger partial charge is 0.316 e. The predicted octanol–water partition coefficient (Wildman–Crippen LogP) is 3.21. The van der Waals surface area contributed by atoms with Gasteiger partial charge in [0.15, 0.2) is 0 Å². The lowest BCUT2D eigenvalue weighted by molar-refractivity contribution is -0.137. The molecule has 0 saturated carbocycles. The summed E-state index contributed by atoms with van der Waals surface area (Å²) < 4.78 is 37.2. The second-order valence-electron chi connectivity index (χ2n) is 5.31. The van der Waals surface area contributed by atoms with Gasteiger partial charge in [-0.2, -0.15) is 13.2 Å². The fourth-order valence-corrected chi connectivity index (χ4v) is 2.45. The summed E-state index contributed by atoms with van der Waals surface area (Å²) in [5, 5.41) is 3.25. The van der Waals surface area contributed by atoms with Gasteiger partial charge in [0.05, 0.1) is 5.56 Å². The van der Waals surface area contributed by atoms with Gasteiger partial charge in [0.25, 0.3) is 0 Å². The average Bonchev–Trinajstić information content (AvgIpc) is 2.89. The van der Waals surface area contributed by atoms with E-state index in [0.717, 1.165) is 38.1 Å². The number of benzene rings is 1. The largest absolute Gasteiger partial charge is 0.416 e. The molecule has 0 amide bonds. The normalized spacial score (nSPS) is 19.2. The molecule has 2 rings (SSSR count). The van der Waals surface area contributed by atoms with Gasteiger partial charge in [-0.15, -0.1) is 0 Å². The quantitative estimate of drug-likeness (QED) is 0.900. The minimum atomic E-state index is -4.32. The summed E-state index contributed by atoms with van der Waals surface area (Å²) in [5.74, 6) is 0.656. The van der Waals surface area contributed by atoms with Gasteiger partial charge in [-0.3, -0.25) is 4.79 Å². The first-order valence-electron chi connectivity index (χ1n) is 6.83. The van der Waals surface area contributed by atoms with E-state index in [1.807, 2.05) is 0 Å². The lowest BCUT2D eigenvalue weighted by atomic mass is 9.98. The zero-order chi connectivity index (χ0) is 14.6. The van der Waals surface area contributed by atoms with Crippen LogP contribution in [-0.2, 0) is 17.4 Å². The topological polar surface area (TPSA) is 29.1 Å². The van der Waals surface area contributed by atoms with E-state index in [4.69, 9.17) is 0 Å². The van der Waals surface area contributed by atoms with E-state index in [-0.39, 0.29) is 12.2 Å². The van der Waals surface area contributed by atoms with Crippen LogP contribution in [0.25, 0.3) is 0 Å². The standard InChI is InChI=1S/C15H18F3NO/c16-15(17,18)13-4-1-11(2-5-13)9-14(20)6-3-12-7-8-19-10-12/h1-2,4-5,12,19H,3,6-10H2. The number of hydrogen-bond donors (Lipinski definition) is 1. The third-order valence-corrected chi connectivity index (χ3v) is 3.68. The van der Waals surface area contributed by atoms with Crippen molar-refractivity contribution in [2.45, 2.75) is 31.9 Å². The van der Waals surface area contributed by atoms with Gasteiger partial charge in [0.2, 0.25) is 0 Å². The maximum absolute atomic E-state index is 12.4. The first-order chi connectivity index (χ1) is 9.45. The molecule has 0 aromatic heterocycles. The van der Waals surface area contributed by atoms with Gasteiger partial charge in [0, 0.05) is 12.8 Å². The molecule has 1 aromatic carbocycles. The number of nitrogens with one attached hydrogen (secondary N) is 1. The highest BCUT2D eigenvalue weighted by Crippen LogP contribution is 2.29. The van der Waals surface area contributed by atoms with Crippen LogP contribution in [0, 0.1) is 5.92 Å². The fraction of sp³-hybridized carbons (Fsp3) is 0.533. The van der Waals surface area contributed by atoms with Gasteiger partial charge < -0.3 is 5.32 Å². The average molecular weight is 285 g/mol. The van der Waals surface area contributed by atoms with E-state index < -0.39 is 11.7 Å². The van der Waals surface area contributed by atoms with Crippen LogP contribution in [-0.4, -0.2) is 18.9 Å². The van der Waals surface area contributed by atoms with Gasteiger partial charge in [0.1, 0.15) is 5.78 Å². The molecule has 0 radical (unpaired) electrons. The molecule has 1 aliphatic rings. The summed E-state index contributed by atoms with van der Waals surface area (Å²) >= 11 is 0. The van der Waals surface area contributed by atoms with E-state index in [1.165, 1.54) is 12.1 Å². The maximum atomic E-state index is 12.4. The van der Waals surface area contributed by atoms with Gasteiger partial charge >= 0.3 is 6.18 Å². The van der Waals surface area contributed by atoms with Crippen molar-refractivity contribution in [1.82, 2.24) is 5.32 Å². The first-order valence-corrected chi connectivity index (χ1v) is 6.83. The van der Waals surface area contributed by atoms with Crippen LogP contribution < -0.4 is 5.32 Å². The van der Waals surface area contributed by atoms with Crippen molar-refractivity contribution >= 4 is 5.78 Å². The molecule has 20 heavy (non-hydrogen) atoms. The highest BCUT2D eigenvalue weighted by atomic mass is 19.4. The Morgan fingerprint density at radius 2 is 1.95 bits per heavy atom. The van der Waals surface area contributed by atoms with Crippen LogP contribution in [0.2, 0.25) is 0 Å². The third kappa shape index (κ3) is 4.34. The van der Waals surface area contributed by atoms with Crippen LogP contribution in [0.1, 0.15) is 30.4 Å². The van der Waals surface area contributed by atoms with Crippen molar-refractivity contribution in [3.8, 4) is 0 Å². The molecule has 110 valence electrons. The number of halogens is 3. The number of rotatable bonds is 5. The molecule has 1 saturated heterocycles. The zero-order valence-corrected chi connectivity index (χ0v) is 11.2. The molecule has 5 heteroatoms. The Balaban J connectivity index is 1.81. The SMILES string of the molecule is O=C(CCC1CCNC1)Cc1ccc(C(F)(F)F)cc1. The number of carbonyl (C=O) groups is 1. The number of Topliss-reactive ketones (excluding diaryl/α,β-unsaturated/α-hetero) is 1. The number of alkyl halides is 3. The molecule has 1 aliphatic heterocycles. The Hall–Kier alpha value is -1.36. The van der Waals surface area contributed by atoms with E-state index in [1.54, 1.807) is 0 Å². The third-order valence-electron chi connectivity index (χ3n) is 3.68. The summed E-state index contributed by atoms with van der Waals surface area (Å²) in [6.45, 7) is 1.98. The van der Waals surface area contributed by atoms with Crippen LogP contribution >= 0.6 is 0 Å². The van der Waals surface area contributed by atoms with Crippen molar-refractivity contribution in [2.75, 3.05) is 13.1 Å². The highest BCUT2D eigenvalue weighted by molar-refractivity contribution is 5.80. The van der Waals surface area contributed by atoms with Crippen LogP contribution in [0.4, 0.5) is 13.2 Å². The van der Waals surface area contributed by atoms with Crippen molar-refractivity contribution in [2.24, 2.45) is 5.92 Å². The van der Waals surface area contributed by atoms with Crippen molar-refractivity contribution in [3.05, 3.63) is 35.4 Å². The second kappa shape index (κ2) is 6.39. The zero-order valence-electron chi connectivity index (χ0n) is 11.2. The van der Waals surface area contributed by atoms with Crippen LogP contribution in [0.3, 0.4) is 0 Å². The first kappa shape index (κ1) is 15.0. The maximum Gasteiger partial charge on any atom is 0.416 e. The molecule has 1 N–H and O–H groups in total. The Bertz CT molecular complexity index is 447. The van der Waals surface area contributed by atoms with Crippen molar-refractivity contribution < 1.29 is 18.0 Å². The molecule has 0 spiro atoms. The minimum Gasteiger partial charge on any atom is -0.316 e. The van der Waals surface area contributed by atoms with Crippen LogP contribution in [0.5, 0.6) is 0 Å². The Morgan fingerprint density at radius 3 is 2.50 bits per heavy atom. The highest BCUT2D eigenvalue weighted by Gasteiger charge is 2.29. The van der Waals surface area contributed by atoms with Crippen LogP contribution in [0.15, 0.2) is 24.3 Å². The molecule has 1 unspecified atom stereocenters. The lowest BCUT2D eigenvalue weighted by Gasteiger charge is -2.09. The van der Waals surface area contributed by atoms with E-state index in [0.29, 0.717) is 17.9 Å². The second-order valence-corrected chi connectivity index (χ2v) is 5.31. The summed E-state index contributed by atoms with van der Waals surface area (Å²) in [4.78, 5) is 11.8. The lowest BCUT2D eigenvalue weighted by Crippen LogP contribution is -2.11. The molecule has 1 heterocycles. The molecular weight excluding hydrogens is 267 g/mol. The summed E-state index contributed by atoms with van der Waals surface area (Å²) in [7, 11) is 0.